The molecule has 0 saturated heterocycles. The van der Waals surface area contributed by atoms with Crippen LogP contribution in [0, 0.1) is 17.1 Å². The Balaban J connectivity index is 0.000000341. The van der Waals surface area contributed by atoms with Crippen LogP contribution in [0.1, 0.15) is 96.0 Å². The summed E-state index contributed by atoms with van der Waals surface area (Å²) in [5.74, 6) is -0.288. The number of fused-ring (bicyclic) bond motifs is 1. The highest BCUT2D eigenvalue weighted by molar-refractivity contribution is 6.31. The molecule has 3 aromatic rings. The van der Waals surface area contributed by atoms with Gasteiger partial charge in [-0.2, -0.15) is 5.26 Å². The van der Waals surface area contributed by atoms with E-state index < -0.39 is 5.82 Å². The van der Waals surface area contributed by atoms with Crippen molar-refractivity contribution in [2.24, 2.45) is 4.99 Å². The van der Waals surface area contributed by atoms with Crippen molar-refractivity contribution in [2.45, 2.75) is 80.1 Å². The van der Waals surface area contributed by atoms with Crippen LogP contribution in [0.4, 0.5) is 4.39 Å². The number of nitrogens with zero attached hydrogens (tertiary/aromatic N) is 2. The Kier molecular flexibility index (Phi) is 11.8. The van der Waals surface area contributed by atoms with E-state index in [1.54, 1.807) is 6.07 Å². The fourth-order valence-corrected chi connectivity index (χ4v) is 4.50. The van der Waals surface area contributed by atoms with Crippen molar-refractivity contribution in [3.63, 3.8) is 0 Å². The maximum Gasteiger partial charge on any atom is 0.143 e. The molecule has 0 fully saturated rings. The lowest BCUT2D eigenvalue weighted by molar-refractivity contribution is 0.630. The summed E-state index contributed by atoms with van der Waals surface area (Å²) in [7, 11) is 0. The van der Waals surface area contributed by atoms with Gasteiger partial charge in [-0.25, -0.2) is 4.39 Å². The molecule has 0 aliphatic carbocycles. The Labute approximate surface area is 226 Å². The van der Waals surface area contributed by atoms with Gasteiger partial charge in [0.1, 0.15) is 5.82 Å². The Bertz CT molecular complexity index is 1320. The molecule has 0 radical (unpaired) electrons. The predicted octanol–water partition coefficient (Wildman–Crippen LogP) is 10.1. The van der Waals surface area contributed by atoms with E-state index in [1.807, 2.05) is 38.1 Å². The third kappa shape index (κ3) is 8.72. The minimum atomic E-state index is -0.407. The quantitative estimate of drug-likeness (QED) is 0.295. The van der Waals surface area contributed by atoms with E-state index in [0.717, 1.165) is 59.3 Å². The summed E-state index contributed by atoms with van der Waals surface area (Å²) >= 11 is 6.01. The number of halogens is 2. The zero-order valence-electron chi connectivity index (χ0n) is 23.2. The van der Waals surface area contributed by atoms with Crippen molar-refractivity contribution >= 4 is 28.2 Å². The molecule has 3 nitrogen and oxygen atoms in total. The van der Waals surface area contributed by atoms with Gasteiger partial charge in [-0.15, -0.1) is 0 Å². The standard InChI is InChI=1S/C21H20ClFN2.C11H19N/c1-3-4-5-16-17-10-18(22)19(23)11-20(17)25-21(16)13(2)15-8-6-14(12-24)7-9-15;1-6-7-10(4)12-11(5)8-9(2)3/h6-11,13,25H,3-5H2,1-2H3;7-8H,6H2,1-5H3/b;10-7+,12-11?. The average Bonchev–Trinajstić information content (AvgIpc) is 3.19. The molecule has 1 heterocycles. The van der Waals surface area contributed by atoms with E-state index in [2.05, 4.69) is 62.8 Å². The van der Waals surface area contributed by atoms with Crippen LogP contribution in [0.25, 0.3) is 10.9 Å². The Morgan fingerprint density at radius 2 is 1.81 bits per heavy atom. The van der Waals surface area contributed by atoms with Gasteiger partial charge in [0.15, 0.2) is 0 Å². The summed E-state index contributed by atoms with van der Waals surface area (Å²) in [5.41, 5.74) is 8.32. The number of aromatic amines is 1. The average molecular weight is 520 g/mol. The zero-order chi connectivity index (χ0) is 27.5. The van der Waals surface area contributed by atoms with Gasteiger partial charge in [-0.3, -0.25) is 4.99 Å². The third-order valence-electron chi connectivity index (χ3n) is 6.08. The van der Waals surface area contributed by atoms with E-state index in [1.165, 1.54) is 17.2 Å². The van der Waals surface area contributed by atoms with Crippen molar-refractivity contribution in [3.8, 4) is 6.07 Å². The van der Waals surface area contributed by atoms with Crippen molar-refractivity contribution in [3.05, 3.63) is 93.0 Å². The van der Waals surface area contributed by atoms with Crippen molar-refractivity contribution < 1.29 is 4.39 Å². The van der Waals surface area contributed by atoms with Crippen molar-refractivity contribution in [2.75, 3.05) is 0 Å². The maximum absolute atomic E-state index is 13.9. The number of aliphatic imine (C=N–C) groups is 1. The molecule has 37 heavy (non-hydrogen) atoms. The second kappa shape index (κ2) is 14.5. The van der Waals surface area contributed by atoms with E-state index in [0.29, 0.717) is 5.56 Å². The number of H-pyrrole nitrogens is 1. The molecule has 196 valence electrons. The van der Waals surface area contributed by atoms with E-state index in [4.69, 9.17) is 16.9 Å². The monoisotopic (exact) mass is 519 g/mol. The minimum Gasteiger partial charge on any atom is -0.358 e. The number of allylic oxidation sites excluding steroid dienone is 4. The van der Waals surface area contributed by atoms with Crippen LogP contribution in [0.2, 0.25) is 5.02 Å². The van der Waals surface area contributed by atoms with Gasteiger partial charge < -0.3 is 4.98 Å². The van der Waals surface area contributed by atoms with Crippen LogP contribution in [0.15, 0.2) is 64.8 Å². The second-order valence-electron chi connectivity index (χ2n) is 9.62. The first kappa shape index (κ1) is 30.1. The summed E-state index contributed by atoms with van der Waals surface area (Å²) in [6.07, 6.45) is 8.35. The highest BCUT2D eigenvalue weighted by Gasteiger charge is 2.19. The lowest BCUT2D eigenvalue weighted by Crippen LogP contribution is -2.01. The molecule has 0 saturated carbocycles. The van der Waals surface area contributed by atoms with Crippen LogP contribution in [0.3, 0.4) is 0 Å². The van der Waals surface area contributed by atoms with Crippen molar-refractivity contribution in [1.29, 1.82) is 5.26 Å². The Morgan fingerprint density at radius 1 is 1.14 bits per heavy atom. The molecule has 0 aliphatic rings. The lowest BCUT2D eigenvalue weighted by Gasteiger charge is -2.14. The first-order valence-electron chi connectivity index (χ1n) is 13.0. The smallest absolute Gasteiger partial charge is 0.143 e. The lowest BCUT2D eigenvalue weighted by atomic mass is 9.92. The predicted molar refractivity (Wildman–Crippen MR) is 157 cm³/mol. The number of nitriles is 1. The van der Waals surface area contributed by atoms with Gasteiger partial charge in [-0.1, -0.05) is 62.6 Å². The number of hydrogen-bond donors (Lipinski definition) is 1. The van der Waals surface area contributed by atoms with E-state index in [9.17, 15) is 4.39 Å². The van der Waals surface area contributed by atoms with Crippen LogP contribution in [-0.4, -0.2) is 10.7 Å². The number of aryl methyl sites for hydroxylation is 1. The van der Waals surface area contributed by atoms with Gasteiger partial charge in [0.25, 0.3) is 0 Å². The van der Waals surface area contributed by atoms with Gasteiger partial charge >= 0.3 is 0 Å². The van der Waals surface area contributed by atoms with Gasteiger partial charge in [0.2, 0.25) is 0 Å². The fourth-order valence-electron chi connectivity index (χ4n) is 4.34. The number of unbranched alkanes of at least 4 members (excludes halogenated alkanes) is 1. The molecule has 1 N–H and O–H groups in total. The summed E-state index contributed by atoms with van der Waals surface area (Å²) in [6, 6.07) is 13.0. The first-order chi connectivity index (χ1) is 17.6. The fraction of sp³-hybridized carbons (Fsp3) is 0.375. The zero-order valence-corrected chi connectivity index (χ0v) is 23.9. The number of rotatable bonds is 8. The molecule has 1 atom stereocenters. The highest BCUT2D eigenvalue weighted by atomic mass is 35.5. The third-order valence-corrected chi connectivity index (χ3v) is 6.37. The molecule has 0 bridgehead atoms. The largest absolute Gasteiger partial charge is 0.358 e. The number of benzene rings is 2. The van der Waals surface area contributed by atoms with Crippen LogP contribution >= 0.6 is 11.6 Å². The topological polar surface area (TPSA) is 51.9 Å². The molecule has 0 amide bonds. The van der Waals surface area contributed by atoms with Crippen LogP contribution < -0.4 is 0 Å². The van der Waals surface area contributed by atoms with Gasteiger partial charge in [-0.05, 0) is 88.4 Å². The maximum atomic E-state index is 13.9. The molecule has 1 unspecified atom stereocenters. The van der Waals surface area contributed by atoms with Gasteiger partial charge in [0.05, 0.1) is 16.7 Å². The van der Waals surface area contributed by atoms with Crippen LogP contribution in [0.5, 0.6) is 0 Å². The summed E-state index contributed by atoms with van der Waals surface area (Å²) in [5, 5.41) is 10.1. The van der Waals surface area contributed by atoms with E-state index in [-0.39, 0.29) is 10.9 Å². The van der Waals surface area contributed by atoms with E-state index >= 15 is 0 Å². The molecular weight excluding hydrogens is 481 g/mol. The normalized spacial score (nSPS) is 12.5. The number of aromatic nitrogens is 1. The Hall–Kier alpha value is -3.16. The SMILES string of the molecule is CC/C=C(\C)N=C(C)C=C(C)C.CCCCc1c(C(C)c2ccc(C#N)cc2)[nH]c2cc(F)c(Cl)cc12. The Morgan fingerprint density at radius 3 is 2.38 bits per heavy atom. The minimum absolute atomic E-state index is 0.119. The molecular formula is C32H39ClFN3. The molecule has 3 rings (SSSR count). The summed E-state index contributed by atoms with van der Waals surface area (Å²) < 4.78 is 13.9. The summed E-state index contributed by atoms with van der Waals surface area (Å²) in [6.45, 7) is 14.6. The van der Waals surface area contributed by atoms with Gasteiger partial charge in [0, 0.05) is 33.9 Å². The van der Waals surface area contributed by atoms with Crippen molar-refractivity contribution in [1.82, 2.24) is 4.98 Å². The highest BCUT2D eigenvalue weighted by Crippen LogP contribution is 2.35. The molecule has 1 aromatic heterocycles. The first-order valence-corrected chi connectivity index (χ1v) is 13.3. The van der Waals surface area contributed by atoms with Crippen LogP contribution in [-0.2, 0) is 6.42 Å². The molecule has 0 aliphatic heterocycles. The molecule has 5 heteroatoms. The number of hydrogen-bond acceptors (Lipinski definition) is 2. The molecule has 0 spiro atoms. The second-order valence-corrected chi connectivity index (χ2v) is 10.0. The molecule has 2 aromatic carbocycles. The number of nitrogens with one attached hydrogen (secondary N) is 1. The summed E-state index contributed by atoms with van der Waals surface area (Å²) in [4.78, 5) is 7.81.